The first-order valence-electron chi connectivity index (χ1n) is 9.19. The van der Waals surface area contributed by atoms with E-state index in [-0.39, 0.29) is 17.9 Å². The van der Waals surface area contributed by atoms with Crippen LogP contribution in [-0.2, 0) is 9.53 Å². The normalized spacial score (nSPS) is 22.6. The summed E-state index contributed by atoms with van der Waals surface area (Å²) in [5, 5.41) is 0. The van der Waals surface area contributed by atoms with E-state index in [9.17, 15) is 4.79 Å². The molecule has 2 heterocycles. The van der Waals surface area contributed by atoms with Crippen LogP contribution in [0, 0.1) is 18.3 Å². The molecule has 5 nitrogen and oxygen atoms in total. The summed E-state index contributed by atoms with van der Waals surface area (Å²) in [6.45, 7) is 6.42. The van der Waals surface area contributed by atoms with E-state index in [4.69, 9.17) is 9.47 Å². The van der Waals surface area contributed by atoms with Crippen LogP contribution in [-0.4, -0.2) is 69.3 Å². The van der Waals surface area contributed by atoms with Gasteiger partial charge >= 0.3 is 0 Å². The molecule has 0 N–H and O–H groups in total. The fourth-order valence-electron chi connectivity index (χ4n) is 4.21. The molecule has 0 bridgehead atoms. The van der Waals surface area contributed by atoms with Gasteiger partial charge in [-0.05, 0) is 56.8 Å². The first kappa shape index (κ1) is 18.2. The van der Waals surface area contributed by atoms with Crippen molar-refractivity contribution in [3.63, 3.8) is 0 Å². The quantitative estimate of drug-likeness (QED) is 0.820. The molecule has 5 heteroatoms. The molecule has 1 spiro atoms. The van der Waals surface area contributed by atoms with Gasteiger partial charge in [-0.3, -0.25) is 4.79 Å². The number of para-hydroxylation sites is 1. The Balaban J connectivity index is 1.64. The Bertz CT molecular complexity index is 596. The smallest absolute Gasteiger partial charge is 0.260 e. The van der Waals surface area contributed by atoms with Crippen LogP contribution in [0.1, 0.15) is 18.4 Å². The summed E-state index contributed by atoms with van der Waals surface area (Å²) in [7, 11) is 4.22. The second kappa shape index (κ2) is 7.75. The van der Waals surface area contributed by atoms with Crippen molar-refractivity contribution in [1.82, 2.24) is 9.80 Å². The molecule has 2 saturated heterocycles. The highest BCUT2D eigenvalue weighted by atomic mass is 16.5. The summed E-state index contributed by atoms with van der Waals surface area (Å²) in [6.07, 6.45) is 2.10. The minimum atomic E-state index is 0.0929. The highest BCUT2D eigenvalue weighted by Gasteiger charge is 2.48. The van der Waals surface area contributed by atoms with Gasteiger partial charge in [0.05, 0.1) is 0 Å². The van der Waals surface area contributed by atoms with Gasteiger partial charge < -0.3 is 19.3 Å². The number of rotatable bonds is 5. The van der Waals surface area contributed by atoms with Crippen molar-refractivity contribution in [2.45, 2.75) is 19.8 Å². The van der Waals surface area contributed by atoms with Gasteiger partial charge in [-0.15, -0.1) is 0 Å². The average molecular weight is 346 g/mol. The van der Waals surface area contributed by atoms with E-state index in [2.05, 4.69) is 19.0 Å². The fraction of sp³-hybridized carbons (Fsp3) is 0.650. The molecule has 1 aromatic carbocycles. The van der Waals surface area contributed by atoms with Gasteiger partial charge in [-0.25, -0.2) is 0 Å². The topological polar surface area (TPSA) is 42.0 Å². The second-order valence-corrected chi connectivity index (χ2v) is 7.76. The molecule has 0 aliphatic carbocycles. The number of nitrogens with zero attached hydrogens (tertiary/aromatic N) is 2. The molecule has 1 atom stereocenters. The zero-order valence-electron chi connectivity index (χ0n) is 15.7. The maximum absolute atomic E-state index is 12.7. The van der Waals surface area contributed by atoms with Crippen LogP contribution >= 0.6 is 0 Å². The predicted molar refractivity (Wildman–Crippen MR) is 97.8 cm³/mol. The van der Waals surface area contributed by atoms with Gasteiger partial charge in [0.2, 0.25) is 0 Å². The Labute approximate surface area is 150 Å². The van der Waals surface area contributed by atoms with Gasteiger partial charge in [0.1, 0.15) is 5.75 Å². The number of hydrogen-bond acceptors (Lipinski definition) is 4. The van der Waals surface area contributed by atoms with Crippen LogP contribution in [0.25, 0.3) is 0 Å². The number of ether oxygens (including phenoxy) is 2. The van der Waals surface area contributed by atoms with Crippen LogP contribution in [0.2, 0.25) is 0 Å². The van der Waals surface area contributed by atoms with E-state index in [1.165, 1.54) is 0 Å². The van der Waals surface area contributed by atoms with Gasteiger partial charge in [0.25, 0.3) is 5.91 Å². The first-order valence-corrected chi connectivity index (χ1v) is 9.19. The van der Waals surface area contributed by atoms with Crippen molar-refractivity contribution in [1.29, 1.82) is 0 Å². The SMILES string of the molecule is Cc1ccccc1OCC(=O)N1CC(CN(C)C)C2(CCOCC2)C1. The van der Waals surface area contributed by atoms with Crippen molar-refractivity contribution in [3.8, 4) is 5.75 Å². The molecular formula is C20H30N2O3. The van der Waals surface area contributed by atoms with Crippen LogP contribution < -0.4 is 4.74 Å². The lowest BCUT2D eigenvalue weighted by molar-refractivity contribution is -0.133. The molecule has 3 rings (SSSR count). The molecular weight excluding hydrogens is 316 g/mol. The lowest BCUT2D eigenvalue weighted by Gasteiger charge is -2.38. The summed E-state index contributed by atoms with van der Waals surface area (Å²) >= 11 is 0. The van der Waals surface area contributed by atoms with Crippen molar-refractivity contribution < 1.29 is 14.3 Å². The Morgan fingerprint density at radius 2 is 2.04 bits per heavy atom. The Morgan fingerprint density at radius 3 is 2.72 bits per heavy atom. The maximum Gasteiger partial charge on any atom is 0.260 e. The number of likely N-dealkylation sites (tertiary alicyclic amines) is 1. The molecule has 25 heavy (non-hydrogen) atoms. The Kier molecular flexibility index (Phi) is 5.64. The van der Waals surface area contributed by atoms with Crippen LogP contribution in [0.4, 0.5) is 0 Å². The van der Waals surface area contributed by atoms with E-state index < -0.39 is 0 Å². The lowest BCUT2D eigenvalue weighted by Crippen LogP contribution is -2.41. The standard InChI is InChI=1S/C20H30N2O3/c1-16-6-4-5-7-18(16)25-14-19(23)22-13-17(12-21(2)3)20(15-22)8-10-24-11-9-20/h4-7,17H,8-15H2,1-3H3. The number of aryl methyl sites for hydroxylation is 1. The van der Waals surface area contributed by atoms with Gasteiger partial charge in [-0.2, -0.15) is 0 Å². The number of carbonyl (C=O) groups excluding carboxylic acids is 1. The molecule has 2 aliphatic heterocycles. The van der Waals surface area contributed by atoms with E-state index in [0.717, 1.165) is 57.0 Å². The molecule has 0 saturated carbocycles. The van der Waals surface area contributed by atoms with Crippen molar-refractivity contribution >= 4 is 5.91 Å². The summed E-state index contributed by atoms with van der Waals surface area (Å²) < 4.78 is 11.4. The largest absolute Gasteiger partial charge is 0.484 e. The third-order valence-corrected chi connectivity index (χ3v) is 5.68. The minimum Gasteiger partial charge on any atom is -0.484 e. The molecule has 1 unspecified atom stereocenters. The molecule has 138 valence electrons. The van der Waals surface area contributed by atoms with E-state index in [0.29, 0.717) is 5.92 Å². The second-order valence-electron chi connectivity index (χ2n) is 7.76. The number of carbonyl (C=O) groups is 1. The van der Waals surface area contributed by atoms with Gasteiger partial charge in [0, 0.05) is 32.8 Å². The number of amides is 1. The summed E-state index contributed by atoms with van der Waals surface area (Å²) in [6, 6.07) is 7.83. The lowest BCUT2D eigenvalue weighted by atomic mass is 9.72. The van der Waals surface area contributed by atoms with Crippen LogP contribution in [0.5, 0.6) is 5.75 Å². The van der Waals surface area contributed by atoms with Crippen molar-refractivity contribution in [3.05, 3.63) is 29.8 Å². The zero-order chi connectivity index (χ0) is 17.9. The zero-order valence-corrected chi connectivity index (χ0v) is 15.7. The summed E-state index contributed by atoms with van der Waals surface area (Å²) in [5.74, 6) is 1.39. The van der Waals surface area contributed by atoms with Gasteiger partial charge in [0.15, 0.2) is 6.61 Å². The summed E-state index contributed by atoms with van der Waals surface area (Å²) in [4.78, 5) is 17.0. The Morgan fingerprint density at radius 1 is 1.32 bits per heavy atom. The van der Waals surface area contributed by atoms with E-state index >= 15 is 0 Å². The summed E-state index contributed by atoms with van der Waals surface area (Å²) in [5.41, 5.74) is 1.27. The molecule has 0 aromatic heterocycles. The minimum absolute atomic E-state index is 0.0929. The average Bonchev–Trinajstić information content (AvgIpc) is 2.92. The number of hydrogen-bond donors (Lipinski definition) is 0. The molecule has 2 fully saturated rings. The molecule has 0 radical (unpaired) electrons. The highest BCUT2D eigenvalue weighted by Crippen LogP contribution is 2.44. The highest BCUT2D eigenvalue weighted by molar-refractivity contribution is 5.78. The third-order valence-electron chi connectivity index (χ3n) is 5.68. The third kappa shape index (κ3) is 4.15. The Hall–Kier alpha value is -1.59. The monoisotopic (exact) mass is 346 g/mol. The molecule has 2 aliphatic rings. The predicted octanol–water partition coefficient (Wildman–Crippen LogP) is 2.19. The van der Waals surface area contributed by atoms with Crippen LogP contribution in [0.15, 0.2) is 24.3 Å². The van der Waals surface area contributed by atoms with Gasteiger partial charge in [-0.1, -0.05) is 18.2 Å². The fourth-order valence-corrected chi connectivity index (χ4v) is 4.21. The van der Waals surface area contributed by atoms with E-state index in [1.54, 1.807) is 0 Å². The molecule has 1 amide bonds. The first-order chi connectivity index (χ1) is 12.0. The van der Waals surface area contributed by atoms with Crippen LogP contribution in [0.3, 0.4) is 0 Å². The number of benzene rings is 1. The molecule has 1 aromatic rings. The van der Waals surface area contributed by atoms with E-state index in [1.807, 2.05) is 36.1 Å². The maximum atomic E-state index is 12.7. The van der Waals surface area contributed by atoms with Crippen molar-refractivity contribution in [2.75, 3.05) is 53.6 Å². The van der Waals surface area contributed by atoms with Crippen molar-refractivity contribution in [2.24, 2.45) is 11.3 Å².